The molecule has 4 aromatic rings. The van der Waals surface area contributed by atoms with Crippen molar-refractivity contribution in [3.63, 3.8) is 0 Å². The molecule has 0 radical (unpaired) electrons. The van der Waals surface area contributed by atoms with Gasteiger partial charge in [0.25, 0.3) is 17.7 Å². The van der Waals surface area contributed by atoms with Gasteiger partial charge in [-0.2, -0.15) is 0 Å². The second-order valence-electron chi connectivity index (χ2n) is 12.0. The van der Waals surface area contributed by atoms with E-state index < -0.39 is 6.10 Å². The van der Waals surface area contributed by atoms with Gasteiger partial charge in [-0.05, 0) is 91.1 Å². The smallest absolute Gasteiger partial charge is 0.269 e. The fraction of sp³-hybridized carbons (Fsp3) is 0.263. The van der Waals surface area contributed by atoms with Crippen molar-refractivity contribution >= 4 is 29.3 Å². The fourth-order valence-electron chi connectivity index (χ4n) is 5.80. The lowest BCUT2D eigenvalue weighted by Gasteiger charge is -2.25. The van der Waals surface area contributed by atoms with E-state index in [9.17, 15) is 24.3 Å². The minimum atomic E-state index is -0.819. The first kappa shape index (κ1) is 33.1. The van der Waals surface area contributed by atoms with Crippen molar-refractivity contribution in [3.8, 4) is 28.4 Å². The van der Waals surface area contributed by atoms with E-state index in [0.717, 1.165) is 5.56 Å². The van der Waals surface area contributed by atoms with Gasteiger partial charge >= 0.3 is 0 Å². The zero-order valence-corrected chi connectivity index (χ0v) is 26.9. The van der Waals surface area contributed by atoms with Gasteiger partial charge in [0, 0.05) is 55.0 Å². The van der Waals surface area contributed by atoms with Crippen LogP contribution >= 0.6 is 0 Å². The largest absolute Gasteiger partial charge is 0.507 e. The van der Waals surface area contributed by atoms with Crippen LogP contribution in [0.3, 0.4) is 0 Å². The molecule has 2 aliphatic heterocycles. The molecule has 0 spiro atoms. The minimum Gasteiger partial charge on any atom is -0.507 e. The zero-order chi connectivity index (χ0) is 34.2. The number of amides is 4. The minimum absolute atomic E-state index is 0.0809. The number of anilines is 1. The topological polar surface area (TPSA) is 146 Å². The van der Waals surface area contributed by atoms with E-state index in [1.807, 2.05) is 24.3 Å². The predicted molar refractivity (Wildman–Crippen MR) is 184 cm³/mol. The Morgan fingerprint density at radius 2 is 1.57 bits per heavy atom. The number of rotatable bonds is 3. The third-order valence-corrected chi connectivity index (χ3v) is 8.44. The lowest BCUT2D eigenvalue weighted by Crippen LogP contribution is -2.40. The number of para-hydroxylation sites is 2. The van der Waals surface area contributed by atoms with Crippen LogP contribution in [-0.4, -0.2) is 72.5 Å². The standard InChI is InChI=1S/C38H38N4O7/c43-31-16-11-25-17-19-39-35(44)10-4-20-42(21-5-18-40-36(45)28-7-3-6-27(23-28)30(31)22-25)38(47)26-12-14-29(15-13-26)41-37(46)34-24-48-32-8-1-2-9-33(32)49-34/h1-3,6-9,11-16,22-23,34,43H,4-5,10,17-21,24H2,(H,39,44)(H,40,45)(H,41,46). The Kier molecular flexibility index (Phi) is 10.4. The first-order valence-corrected chi connectivity index (χ1v) is 16.4. The van der Waals surface area contributed by atoms with Crippen LogP contribution in [0, 0.1) is 0 Å². The normalized spacial score (nSPS) is 17.0. The van der Waals surface area contributed by atoms with Crippen LogP contribution in [0.2, 0.25) is 0 Å². The molecular formula is C38H38N4O7. The molecule has 1 atom stereocenters. The quantitative estimate of drug-likeness (QED) is 0.252. The summed E-state index contributed by atoms with van der Waals surface area (Å²) in [5.74, 6) is 0.247. The van der Waals surface area contributed by atoms with Crippen LogP contribution in [0.15, 0.2) is 91.0 Å². The van der Waals surface area contributed by atoms with Crippen LogP contribution in [0.1, 0.15) is 45.5 Å². The number of ether oxygens (including phenoxy) is 2. The molecule has 11 heteroatoms. The van der Waals surface area contributed by atoms with E-state index in [0.29, 0.717) is 84.9 Å². The number of hydrogen-bond acceptors (Lipinski definition) is 7. The van der Waals surface area contributed by atoms with Gasteiger partial charge in [0.05, 0.1) is 0 Å². The van der Waals surface area contributed by atoms with Gasteiger partial charge in [-0.1, -0.05) is 30.3 Å². The Morgan fingerprint density at radius 3 is 2.41 bits per heavy atom. The molecule has 0 saturated carbocycles. The first-order chi connectivity index (χ1) is 23.8. The number of aromatic hydroxyl groups is 1. The Balaban J connectivity index is 1.10. The van der Waals surface area contributed by atoms with Crippen LogP contribution in [-0.2, 0) is 16.0 Å². The highest BCUT2D eigenvalue weighted by molar-refractivity contribution is 5.97. The summed E-state index contributed by atoms with van der Waals surface area (Å²) in [6.45, 7) is 1.54. The van der Waals surface area contributed by atoms with Crippen molar-refractivity contribution < 1.29 is 33.8 Å². The van der Waals surface area contributed by atoms with Crippen LogP contribution < -0.4 is 25.4 Å². The SMILES string of the molecule is O=C1CCCN(C(=O)c2ccc(NC(=O)C3COc4ccccc4O3)cc2)CCCNC(=O)c2cccc(c2)-c2cc(ccc2O)CCN1. The number of fused-ring (bicyclic) bond motifs is 6. The van der Waals surface area contributed by atoms with Crippen LogP contribution in [0.5, 0.6) is 17.2 Å². The van der Waals surface area contributed by atoms with Crippen molar-refractivity contribution in [1.82, 2.24) is 15.5 Å². The summed E-state index contributed by atoms with van der Waals surface area (Å²) in [6, 6.07) is 26.1. The molecule has 49 heavy (non-hydrogen) atoms. The molecule has 0 aromatic heterocycles. The summed E-state index contributed by atoms with van der Waals surface area (Å²) in [6.07, 6.45) is 0.942. The van der Waals surface area contributed by atoms with E-state index >= 15 is 0 Å². The molecule has 4 bridgehead atoms. The van der Waals surface area contributed by atoms with Gasteiger partial charge in [-0.3, -0.25) is 19.2 Å². The maximum atomic E-state index is 13.6. The second kappa shape index (κ2) is 15.4. The lowest BCUT2D eigenvalue weighted by atomic mass is 9.98. The Hall–Kier alpha value is -5.84. The van der Waals surface area contributed by atoms with Crippen molar-refractivity contribution in [3.05, 3.63) is 108 Å². The number of nitrogens with zero attached hydrogens (tertiary/aromatic N) is 1. The third kappa shape index (κ3) is 8.36. The third-order valence-electron chi connectivity index (χ3n) is 8.44. The van der Waals surface area contributed by atoms with E-state index in [1.54, 1.807) is 71.6 Å². The second-order valence-corrected chi connectivity index (χ2v) is 12.0. The number of carbonyl (C=O) groups excluding carboxylic acids is 4. The lowest BCUT2D eigenvalue weighted by molar-refractivity contribution is -0.125. The maximum absolute atomic E-state index is 13.6. The predicted octanol–water partition coefficient (Wildman–Crippen LogP) is 4.55. The summed E-state index contributed by atoms with van der Waals surface area (Å²) in [7, 11) is 0. The highest BCUT2D eigenvalue weighted by Gasteiger charge is 2.27. The number of phenols is 1. The van der Waals surface area contributed by atoms with Crippen molar-refractivity contribution in [2.24, 2.45) is 0 Å². The summed E-state index contributed by atoms with van der Waals surface area (Å²) in [4.78, 5) is 53.8. The monoisotopic (exact) mass is 662 g/mol. The number of nitrogens with one attached hydrogen (secondary N) is 3. The molecule has 0 saturated heterocycles. The average molecular weight is 663 g/mol. The molecule has 0 aliphatic carbocycles. The molecule has 2 heterocycles. The number of carbonyl (C=O) groups is 4. The van der Waals surface area contributed by atoms with Crippen LogP contribution in [0.25, 0.3) is 11.1 Å². The molecular weight excluding hydrogens is 624 g/mol. The molecule has 4 N–H and O–H groups in total. The van der Waals surface area contributed by atoms with Gasteiger partial charge in [-0.25, -0.2) is 0 Å². The molecule has 2 aliphatic rings. The molecule has 1 unspecified atom stereocenters. The number of benzene rings is 4. The van der Waals surface area contributed by atoms with Gasteiger partial charge in [-0.15, -0.1) is 0 Å². The fourth-order valence-corrected chi connectivity index (χ4v) is 5.80. The van der Waals surface area contributed by atoms with Gasteiger partial charge in [0.15, 0.2) is 11.5 Å². The van der Waals surface area contributed by atoms with E-state index in [-0.39, 0.29) is 42.4 Å². The molecule has 11 nitrogen and oxygen atoms in total. The maximum Gasteiger partial charge on any atom is 0.269 e. The Morgan fingerprint density at radius 1 is 0.796 bits per heavy atom. The Labute approximate surface area is 284 Å². The number of hydrogen-bond donors (Lipinski definition) is 4. The zero-order valence-electron chi connectivity index (χ0n) is 26.9. The summed E-state index contributed by atoms with van der Waals surface area (Å²) in [5, 5.41) is 19.2. The average Bonchev–Trinajstić information content (AvgIpc) is 3.12. The van der Waals surface area contributed by atoms with Crippen molar-refractivity contribution in [2.45, 2.75) is 31.8 Å². The number of phenolic OH excluding ortho intramolecular Hbond substituents is 1. The molecule has 4 amide bonds. The summed E-state index contributed by atoms with van der Waals surface area (Å²) >= 11 is 0. The van der Waals surface area contributed by atoms with E-state index in [2.05, 4.69) is 16.0 Å². The van der Waals surface area contributed by atoms with Crippen molar-refractivity contribution in [2.75, 3.05) is 38.1 Å². The summed E-state index contributed by atoms with van der Waals surface area (Å²) in [5.41, 5.74) is 3.64. The van der Waals surface area contributed by atoms with E-state index in [4.69, 9.17) is 9.47 Å². The van der Waals surface area contributed by atoms with E-state index in [1.165, 1.54) is 0 Å². The summed E-state index contributed by atoms with van der Waals surface area (Å²) < 4.78 is 11.4. The molecule has 252 valence electrons. The van der Waals surface area contributed by atoms with Gasteiger partial charge in [0.1, 0.15) is 12.4 Å². The molecule has 6 rings (SSSR count). The van der Waals surface area contributed by atoms with Gasteiger partial charge in [0.2, 0.25) is 12.0 Å². The Bertz CT molecular complexity index is 1840. The van der Waals surface area contributed by atoms with Gasteiger partial charge < -0.3 is 35.4 Å². The van der Waals surface area contributed by atoms with Crippen molar-refractivity contribution in [1.29, 1.82) is 0 Å². The first-order valence-electron chi connectivity index (χ1n) is 16.4. The van der Waals surface area contributed by atoms with Crippen LogP contribution in [0.4, 0.5) is 5.69 Å². The highest BCUT2D eigenvalue weighted by Crippen LogP contribution is 2.32. The molecule has 4 aromatic carbocycles. The molecule has 0 fully saturated rings. The highest BCUT2D eigenvalue weighted by atomic mass is 16.6.